The highest BCUT2D eigenvalue weighted by molar-refractivity contribution is 5.58. The molecule has 2 aromatic heterocycles. The lowest BCUT2D eigenvalue weighted by Gasteiger charge is -2.16. The van der Waals surface area contributed by atoms with Gasteiger partial charge in [0.05, 0.1) is 12.8 Å². The van der Waals surface area contributed by atoms with Gasteiger partial charge in [0.1, 0.15) is 5.82 Å². The zero-order valence-electron chi connectivity index (χ0n) is 11.1. The summed E-state index contributed by atoms with van der Waals surface area (Å²) in [6.45, 7) is 1.28. The fraction of sp³-hybridized carbons (Fsp3) is 0.200. The van der Waals surface area contributed by atoms with Gasteiger partial charge in [-0.15, -0.1) is 10.2 Å². The molecule has 0 saturated carbocycles. The minimum atomic E-state index is -0.234. The molecule has 0 unspecified atom stereocenters. The summed E-state index contributed by atoms with van der Waals surface area (Å²) in [7, 11) is 0. The lowest BCUT2D eigenvalue weighted by molar-refractivity contribution is 0.476. The first-order valence-electron chi connectivity index (χ1n) is 6.69. The molecule has 21 heavy (non-hydrogen) atoms. The molecule has 5 nitrogen and oxygen atoms in total. The first kappa shape index (κ1) is 12.1. The van der Waals surface area contributed by atoms with Crippen LogP contribution in [0.2, 0.25) is 0 Å². The van der Waals surface area contributed by atoms with Crippen molar-refractivity contribution in [1.82, 2.24) is 10.2 Å². The van der Waals surface area contributed by atoms with Crippen LogP contribution < -0.4 is 4.90 Å². The molecule has 0 radical (unpaired) electrons. The Morgan fingerprint density at radius 3 is 3.05 bits per heavy atom. The predicted octanol–water partition coefficient (Wildman–Crippen LogP) is 3.03. The molecule has 0 aliphatic carbocycles. The molecule has 0 amide bonds. The Kier molecular flexibility index (Phi) is 2.73. The molecule has 3 aromatic rings. The largest absolute Gasteiger partial charge is 0.459 e. The Balaban J connectivity index is 1.57. The SMILES string of the molecule is Fc1ccc2c(c1)N(Cc1nnc(-c3ccco3)o1)CC2. The van der Waals surface area contributed by atoms with Crippen molar-refractivity contribution >= 4 is 5.69 Å². The van der Waals surface area contributed by atoms with Gasteiger partial charge in [0.15, 0.2) is 5.76 Å². The van der Waals surface area contributed by atoms with E-state index in [1.54, 1.807) is 24.5 Å². The molecule has 3 heterocycles. The van der Waals surface area contributed by atoms with E-state index in [0.29, 0.717) is 24.1 Å². The molecule has 106 valence electrons. The average molecular weight is 285 g/mol. The maximum absolute atomic E-state index is 13.4. The van der Waals surface area contributed by atoms with E-state index in [0.717, 1.165) is 24.2 Å². The van der Waals surface area contributed by atoms with Crippen molar-refractivity contribution in [3.05, 3.63) is 53.9 Å². The second-order valence-electron chi connectivity index (χ2n) is 4.92. The molecule has 0 N–H and O–H groups in total. The fourth-order valence-corrected chi connectivity index (χ4v) is 2.56. The number of hydrogen-bond donors (Lipinski definition) is 0. The van der Waals surface area contributed by atoms with Crippen molar-refractivity contribution in [3.63, 3.8) is 0 Å². The van der Waals surface area contributed by atoms with Crippen molar-refractivity contribution in [1.29, 1.82) is 0 Å². The molecular weight excluding hydrogens is 273 g/mol. The number of benzene rings is 1. The fourth-order valence-electron chi connectivity index (χ4n) is 2.56. The standard InChI is InChI=1S/C15H12FN3O2/c16-11-4-3-10-5-6-19(12(10)8-11)9-14-17-18-15(21-14)13-2-1-7-20-13/h1-4,7-8H,5-6,9H2. The van der Waals surface area contributed by atoms with E-state index in [-0.39, 0.29) is 5.82 Å². The van der Waals surface area contributed by atoms with Crippen LogP contribution in [0.25, 0.3) is 11.7 Å². The quantitative estimate of drug-likeness (QED) is 0.740. The molecule has 0 spiro atoms. The lowest BCUT2D eigenvalue weighted by Crippen LogP contribution is -2.19. The Bertz CT molecular complexity index is 767. The Morgan fingerprint density at radius 2 is 2.19 bits per heavy atom. The molecule has 0 saturated heterocycles. The van der Waals surface area contributed by atoms with Crippen LogP contribution in [0.1, 0.15) is 11.5 Å². The summed E-state index contributed by atoms with van der Waals surface area (Å²) < 4.78 is 24.2. The van der Waals surface area contributed by atoms with E-state index < -0.39 is 0 Å². The number of furan rings is 1. The Morgan fingerprint density at radius 1 is 1.24 bits per heavy atom. The maximum atomic E-state index is 13.4. The molecular formula is C15H12FN3O2. The van der Waals surface area contributed by atoms with Gasteiger partial charge in [-0.3, -0.25) is 0 Å². The topological polar surface area (TPSA) is 55.3 Å². The number of hydrogen-bond acceptors (Lipinski definition) is 5. The van der Waals surface area contributed by atoms with Gasteiger partial charge >= 0.3 is 0 Å². The molecule has 1 aromatic carbocycles. The van der Waals surface area contributed by atoms with E-state index in [4.69, 9.17) is 8.83 Å². The molecule has 4 rings (SSSR count). The highest BCUT2D eigenvalue weighted by Crippen LogP contribution is 2.30. The summed E-state index contributed by atoms with van der Waals surface area (Å²) in [5.41, 5.74) is 2.04. The van der Waals surface area contributed by atoms with Gasteiger partial charge in [-0.1, -0.05) is 6.07 Å². The molecule has 0 atom stereocenters. The number of rotatable bonds is 3. The third-order valence-corrected chi connectivity index (χ3v) is 3.56. The zero-order chi connectivity index (χ0) is 14.2. The highest BCUT2D eigenvalue weighted by Gasteiger charge is 2.22. The van der Waals surface area contributed by atoms with E-state index in [1.165, 1.54) is 6.07 Å². The third kappa shape index (κ3) is 2.18. The van der Waals surface area contributed by atoms with Crippen LogP contribution in [0.3, 0.4) is 0 Å². The van der Waals surface area contributed by atoms with Crippen molar-refractivity contribution in [2.45, 2.75) is 13.0 Å². The lowest BCUT2D eigenvalue weighted by atomic mass is 10.2. The van der Waals surface area contributed by atoms with Crippen molar-refractivity contribution in [3.8, 4) is 11.7 Å². The number of anilines is 1. The minimum Gasteiger partial charge on any atom is -0.459 e. The summed E-state index contributed by atoms with van der Waals surface area (Å²) >= 11 is 0. The number of aromatic nitrogens is 2. The van der Waals surface area contributed by atoms with Crippen molar-refractivity contribution < 1.29 is 13.2 Å². The van der Waals surface area contributed by atoms with Gasteiger partial charge in [-0.25, -0.2) is 4.39 Å². The monoisotopic (exact) mass is 285 g/mol. The maximum Gasteiger partial charge on any atom is 0.283 e. The summed E-state index contributed by atoms with van der Waals surface area (Å²) in [6, 6.07) is 8.39. The van der Waals surface area contributed by atoms with E-state index in [1.807, 2.05) is 11.0 Å². The van der Waals surface area contributed by atoms with Crippen LogP contribution in [0.15, 0.2) is 45.4 Å². The summed E-state index contributed by atoms with van der Waals surface area (Å²) in [6.07, 6.45) is 2.45. The van der Waals surface area contributed by atoms with Crippen molar-refractivity contribution in [2.75, 3.05) is 11.4 Å². The van der Waals surface area contributed by atoms with Crippen LogP contribution in [-0.4, -0.2) is 16.7 Å². The smallest absolute Gasteiger partial charge is 0.283 e. The average Bonchev–Trinajstić information content (AvgIpc) is 3.20. The Labute approximate surface area is 120 Å². The molecule has 6 heteroatoms. The van der Waals surface area contributed by atoms with Crippen LogP contribution in [0.4, 0.5) is 10.1 Å². The van der Waals surface area contributed by atoms with Crippen LogP contribution in [0, 0.1) is 5.82 Å². The normalized spacial score (nSPS) is 13.7. The number of fused-ring (bicyclic) bond motifs is 1. The van der Waals surface area contributed by atoms with Crippen LogP contribution >= 0.6 is 0 Å². The van der Waals surface area contributed by atoms with E-state index in [2.05, 4.69) is 10.2 Å². The zero-order valence-corrected chi connectivity index (χ0v) is 11.1. The molecule has 1 aliphatic heterocycles. The van der Waals surface area contributed by atoms with Crippen molar-refractivity contribution in [2.24, 2.45) is 0 Å². The number of nitrogens with zero attached hydrogens (tertiary/aromatic N) is 3. The van der Waals surface area contributed by atoms with Gasteiger partial charge in [0.25, 0.3) is 5.89 Å². The van der Waals surface area contributed by atoms with Gasteiger partial charge in [-0.05, 0) is 36.2 Å². The van der Waals surface area contributed by atoms with Gasteiger partial charge in [0.2, 0.25) is 5.89 Å². The van der Waals surface area contributed by atoms with E-state index >= 15 is 0 Å². The second-order valence-corrected chi connectivity index (χ2v) is 4.92. The second kappa shape index (κ2) is 4.73. The number of halogens is 1. The Hall–Kier alpha value is -2.63. The van der Waals surface area contributed by atoms with Crippen LogP contribution in [-0.2, 0) is 13.0 Å². The van der Waals surface area contributed by atoms with Gasteiger partial charge < -0.3 is 13.7 Å². The minimum absolute atomic E-state index is 0.234. The molecule has 0 fully saturated rings. The van der Waals surface area contributed by atoms with Crippen LogP contribution in [0.5, 0.6) is 0 Å². The van der Waals surface area contributed by atoms with Gasteiger partial charge in [0, 0.05) is 12.2 Å². The highest BCUT2D eigenvalue weighted by atomic mass is 19.1. The first-order chi connectivity index (χ1) is 10.3. The summed E-state index contributed by atoms with van der Waals surface area (Å²) in [5.74, 6) is 1.15. The predicted molar refractivity (Wildman–Crippen MR) is 73.2 cm³/mol. The van der Waals surface area contributed by atoms with Gasteiger partial charge in [-0.2, -0.15) is 0 Å². The third-order valence-electron chi connectivity index (χ3n) is 3.56. The summed E-state index contributed by atoms with van der Waals surface area (Å²) in [4.78, 5) is 2.04. The molecule has 0 bridgehead atoms. The summed E-state index contributed by atoms with van der Waals surface area (Å²) in [5, 5.41) is 7.98. The first-order valence-corrected chi connectivity index (χ1v) is 6.69. The van der Waals surface area contributed by atoms with E-state index in [9.17, 15) is 4.39 Å². The molecule has 1 aliphatic rings.